The van der Waals surface area contributed by atoms with E-state index in [1.54, 1.807) is 0 Å². The quantitative estimate of drug-likeness (QED) is 0.658. The summed E-state index contributed by atoms with van der Waals surface area (Å²) in [6, 6.07) is 2.87. The summed E-state index contributed by atoms with van der Waals surface area (Å²) in [5.74, 6) is 0. The molecule has 0 saturated heterocycles. The lowest BCUT2D eigenvalue weighted by atomic mass is 10.1. The van der Waals surface area contributed by atoms with E-state index < -0.39 is 6.43 Å². The molecule has 0 unspecified atom stereocenters. The van der Waals surface area contributed by atoms with Crippen molar-refractivity contribution in [2.24, 2.45) is 0 Å². The van der Waals surface area contributed by atoms with E-state index in [1.807, 2.05) is 0 Å². The molecule has 0 aliphatic rings. The Morgan fingerprint density at radius 2 is 2.14 bits per heavy atom. The molecule has 1 aromatic rings. The Morgan fingerprint density at radius 1 is 1.36 bits per heavy atom. The van der Waals surface area contributed by atoms with Crippen LogP contribution in [-0.4, -0.2) is 4.98 Å². The minimum Gasteiger partial charge on any atom is -0.261 e. The van der Waals surface area contributed by atoms with Gasteiger partial charge in [-0.05, 0) is 25.0 Å². The summed E-state index contributed by atoms with van der Waals surface area (Å²) in [6.07, 6.45) is 3.16. The number of nitrogens with zero attached hydrogens (tertiary/aromatic N) is 1. The SMILES string of the molecule is CCCCCc1cc(C(F)F)ccn1. The molecule has 1 nitrogen and oxygen atoms in total. The van der Waals surface area contributed by atoms with Crippen LogP contribution >= 0.6 is 0 Å². The number of pyridine rings is 1. The van der Waals surface area contributed by atoms with Crippen molar-refractivity contribution < 1.29 is 8.78 Å². The molecule has 0 spiro atoms. The lowest BCUT2D eigenvalue weighted by Gasteiger charge is -2.02. The highest BCUT2D eigenvalue weighted by Gasteiger charge is 2.07. The number of alkyl halides is 2. The molecule has 14 heavy (non-hydrogen) atoms. The van der Waals surface area contributed by atoms with Gasteiger partial charge in [-0.15, -0.1) is 0 Å². The molecule has 0 saturated carbocycles. The van der Waals surface area contributed by atoms with E-state index in [1.165, 1.54) is 18.3 Å². The summed E-state index contributed by atoms with van der Waals surface area (Å²) in [5, 5.41) is 0. The monoisotopic (exact) mass is 199 g/mol. The molecule has 1 aromatic heterocycles. The van der Waals surface area contributed by atoms with Gasteiger partial charge in [-0.25, -0.2) is 8.78 Å². The van der Waals surface area contributed by atoms with Crippen molar-refractivity contribution in [1.82, 2.24) is 4.98 Å². The third-order valence-electron chi connectivity index (χ3n) is 2.13. The van der Waals surface area contributed by atoms with Crippen LogP contribution in [0.3, 0.4) is 0 Å². The normalized spacial score (nSPS) is 10.9. The second kappa shape index (κ2) is 5.68. The number of aromatic nitrogens is 1. The largest absolute Gasteiger partial charge is 0.263 e. The van der Waals surface area contributed by atoms with Crippen molar-refractivity contribution in [2.75, 3.05) is 0 Å². The first-order chi connectivity index (χ1) is 6.74. The average molecular weight is 199 g/mol. The lowest BCUT2D eigenvalue weighted by molar-refractivity contribution is 0.151. The fourth-order valence-corrected chi connectivity index (χ4v) is 1.33. The first-order valence-electron chi connectivity index (χ1n) is 4.97. The molecule has 0 fully saturated rings. The van der Waals surface area contributed by atoms with Crippen LogP contribution in [0, 0.1) is 0 Å². The fraction of sp³-hybridized carbons (Fsp3) is 0.545. The van der Waals surface area contributed by atoms with Gasteiger partial charge < -0.3 is 0 Å². The van der Waals surface area contributed by atoms with E-state index in [0.717, 1.165) is 31.4 Å². The molecule has 0 aliphatic carbocycles. The van der Waals surface area contributed by atoms with Crippen molar-refractivity contribution in [3.63, 3.8) is 0 Å². The Bertz CT molecular complexity index is 274. The average Bonchev–Trinajstić information content (AvgIpc) is 2.19. The van der Waals surface area contributed by atoms with Crippen LogP contribution in [0.4, 0.5) is 8.78 Å². The second-order valence-corrected chi connectivity index (χ2v) is 3.34. The van der Waals surface area contributed by atoms with Crippen molar-refractivity contribution in [3.05, 3.63) is 29.6 Å². The molecule has 0 aromatic carbocycles. The van der Waals surface area contributed by atoms with E-state index >= 15 is 0 Å². The van der Waals surface area contributed by atoms with Gasteiger partial charge in [0.25, 0.3) is 6.43 Å². The predicted octanol–water partition coefficient (Wildman–Crippen LogP) is 3.75. The smallest absolute Gasteiger partial charge is 0.261 e. The zero-order valence-corrected chi connectivity index (χ0v) is 8.34. The van der Waals surface area contributed by atoms with Gasteiger partial charge in [0.1, 0.15) is 0 Å². The Morgan fingerprint density at radius 3 is 2.79 bits per heavy atom. The summed E-state index contributed by atoms with van der Waals surface area (Å²) in [5.41, 5.74) is 0.850. The maximum atomic E-state index is 12.3. The van der Waals surface area contributed by atoms with Crippen LogP contribution in [0.25, 0.3) is 0 Å². The van der Waals surface area contributed by atoms with Gasteiger partial charge in [-0.3, -0.25) is 4.98 Å². The molecule has 0 bridgehead atoms. The van der Waals surface area contributed by atoms with E-state index in [2.05, 4.69) is 11.9 Å². The Kier molecular flexibility index (Phi) is 4.50. The third kappa shape index (κ3) is 3.40. The van der Waals surface area contributed by atoms with Crippen LogP contribution in [0.15, 0.2) is 18.3 Å². The highest BCUT2D eigenvalue weighted by atomic mass is 19.3. The molecule has 0 aliphatic heterocycles. The van der Waals surface area contributed by atoms with Crippen LogP contribution in [0.5, 0.6) is 0 Å². The molecule has 1 rings (SSSR count). The minimum atomic E-state index is -2.39. The summed E-state index contributed by atoms with van der Waals surface area (Å²) < 4.78 is 24.6. The highest BCUT2D eigenvalue weighted by Crippen LogP contribution is 2.18. The predicted molar refractivity (Wildman–Crippen MR) is 52.4 cm³/mol. The minimum absolute atomic E-state index is 0.0755. The van der Waals surface area contributed by atoms with E-state index in [-0.39, 0.29) is 5.56 Å². The number of unbranched alkanes of at least 4 members (excludes halogenated alkanes) is 2. The van der Waals surface area contributed by atoms with E-state index in [0.29, 0.717) is 0 Å². The van der Waals surface area contributed by atoms with Gasteiger partial charge in [0, 0.05) is 17.5 Å². The molecule has 3 heteroatoms. The van der Waals surface area contributed by atoms with Gasteiger partial charge in [-0.2, -0.15) is 0 Å². The molecule has 0 amide bonds. The Labute approximate surface area is 83.2 Å². The first kappa shape index (κ1) is 11.1. The molecular formula is C11H15F2N. The Hall–Kier alpha value is -0.990. The van der Waals surface area contributed by atoms with Crippen molar-refractivity contribution in [2.45, 2.75) is 39.0 Å². The van der Waals surface area contributed by atoms with Gasteiger partial charge >= 0.3 is 0 Å². The maximum Gasteiger partial charge on any atom is 0.263 e. The van der Waals surface area contributed by atoms with Crippen molar-refractivity contribution >= 4 is 0 Å². The van der Waals surface area contributed by atoms with Gasteiger partial charge in [0.2, 0.25) is 0 Å². The number of rotatable bonds is 5. The molecule has 0 atom stereocenters. The number of halogens is 2. The summed E-state index contributed by atoms with van der Waals surface area (Å²) >= 11 is 0. The van der Waals surface area contributed by atoms with Gasteiger partial charge in [-0.1, -0.05) is 19.8 Å². The zero-order chi connectivity index (χ0) is 10.4. The molecule has 78 valence electrons. The number of hydrogen-bond acceptors (Lipinski definition) is 1. The zero-order valence-electron chi connectivity index (χ0n) is 8.34. The standard InChI is InChI=1S/C11H15F2N/c1-2-3-4-5-10-8-9(11(12)13)6-7-14-10/h6-8,11H,2-5H2,1H3. The second-order valence-electron chi connectivity index (χ2n) is 3.34. The maximum absolute atomic E-state index is 12.3. The van der Waals surface area contributed by atoms with E-state index in [9.17, 15) is 8.78 Å². The van der Waals surface area contributed by atoms with Gasteiger partial charge in [0.15, 0.2) is 0 Å². The van der Waals surface area contributed by atoms with Crippen molar-refractivity contribution in [3.8, 4) is 0 Å². The van der Waals surface area contributed by atoms with E-state index in [4.69, 9.17) is 0 Å². The van der Waals surface area contributed by atoms with Crippen LogP contribution in [0.2, 0.25) is 0 Å². The first-order valence-corrected chi connectivity index (χ1v) is 4.97. The molecule has 0 radical (unpaired) electrons. The summed E-state index contributed by atoms with van der Waals surface area (Å²) in [4.78, 5) is 4.06. The molecule has 0 N–H and O–H groups in total. The van der Waals surface area contributed by atoms with Crippen LogP contribution < -0.4 is 0 Å². The van der Waals surface area contributed by atoms with Gasteiger partial charge in [0.05, 0.1) is 0 Å². The third-order valence-corrected chi connectivity index (χ3v) is 2.13. The lowest BCUT2D eigenvalue weighted by Crippen LogP contribution is -1.93. The Balaban J connectivity index is 2.55. The summed E-state index contributed by atoms with van der Waals surface area (Å²) in [7, 11) is 0. The number of aryl methyl sites for hydroxylation is 1. The molecular weight excluding hydrogens is 184 g/mol. The molecule has 1 heterocycles. The van der Waals surface area contributed by atoms with Crippen LogP contribution in [-0.2, 0) is 6.42 Å². The van der Waals surface area contributed by atoms with Crippen molar-refractivity contribution in [1.29, 1.82) is 0 Å². The summed E-state index contributed by atoms with van der Waals surface area (Å²) in [6.45, 7) is 2.11. The highest BCUT2D eigenvalue weighted by molar-refractivity contribution is 5.17. The fourth-order valence-electron chi connectivity index (χ4n) is 1.33. The topological polar surface area (TPSA) is 12.9 Å². The van der Waals surface area contributed by atoms with Crippen LogP contribution in [0.1, 0.15) is 43.9 Å². The number of hydrogen-bond donors (Lipinski definition) is 0.